The standard InChI is InChI=1S/C28H35NO/c1-3-4-5-6-7-8-9-10-21-30-27-18-15-25(16-19-27)28-20-17-26(22-29-28)24-13-11-23(2)12-14-24/h11-20,22H,3-10,21H2,1-2H3. The smallest absolute Gasteiger partial charge is 0.119 e. The van der Waals surface area contributed by atoms with Crippen molar-refractivity contribution in [2.75, 3.05) is 6.61 Å². The van der Waals surface area contributed by atoms with Gasteiger partial charge in [0.2, 0.25) is 0 Å². The Balaban J connectivity index is 1.42. The van der Waals surface area contributed by atoms with Crippen LogP contribution in [-0.2, 0) is 0 Å². The Morgan fingerprint density at radius 3 is 1.87 bits per heavy atom. The molecule has 0 amide bonds. The summed E-state index contributed by atoms with van der Waals surface area (Å²) in [7, 11) is 0. The first-order chi connectivity index (χ1) is 14.8. The van der Waals surface area contributed by atoms with Gasteiger partial charge in [-0.25, -0.2) is 0 Å². The zero-order chi connectivity index (χ0) is 21.0. The van der Waals surface area contributed by atoms with Gasteiger partial charge in [0, 0.05) is 17.3 Å². The summed E-state index contributed by atoms with van der Waals surface area (Å²) in [6.45, 7) is 5.18. The molecule has 1 heterocycles. The fraction of sp³-hybridized carbons (Fsp3) is 0.393. The summed E-state index contributed by atoms with van der Waals surface area (Å²) in [5.74, 6) is 0.943. The molecule has 0 unspecified atom stereocenters. The van der Waals surface area contributed by atoms with E-state index in [1.165, 1.54) is 56.1 Å². The fourth-order valence-corrected chi connectivity index (χ4v) is 3.63. The van der Waals surface area contributed by atoms with Crippen LogP contribution < -0.4 is 4.74 Å². The molecule has 0 aliphatic carbocycles. The second-order valence-corrected chi connectivity index (χ2v) is 8.15. The van der Waals surface area contributed by atoms with Crippen LogP contribution in [0.3, 0.4) is 0 Å². The highest BCUT2D eigenvalue weighted by Gasteiger charge is 2.03. The normalized spacial score (nSPS) is 10.9. The molecular formula is C28H35NO. The molecule has 0 N–H and O–H groups in total. The van der Waals surface area contributed by atoms with E-state index in [-0.39, 0.29) is 0 Å². The molecule has 3 rings (SSSR count). The van der Waals surface area contributed by atoms with Gasteiger partial charge in [0.15, 0.2) is 0 Å². The van der Waals surface area contributed by atoms with Gasteiger partial charge in [-0.3, -0.25) is 4.98 Å². The van der Waals surface area contributed by atoms with Crippen molar-refractivity contribution in [1.29, 1.82) is 0 Å². The van der Waals surface area contributed by atoms with Crippen LogP contribution in [0.5, 0.6) is 5.75 Å². The molecule has 0 saturated heterocycles. The number of unbranched alkanes of at least 4 members (excludes halogenated alkanes) is 7. The monoisotopic (exact) mass is 401 g/mol. The molecule has 158 valence electrons. The number of nitrogens with zero attached hydrogens (tertiary/aromatic N) is 1. The number of rotatable bonds is 12. The highest BCUT2D eigenvalue weighted by molar-refractivity contribution is 5.67. The number of aryl methyl sites for hydroxylation is 1. The van der Waals surface area contributed by atoms with Gasteiger partial charge >= 0.3 is 0 Å². The molecule has 1 aromatic heterocycles. The van der Waals surface area contributed by atoms with E-state index in [0.29, 0.717) is 0 Å². The van der Waals surface area contributed by atoms with Gasteiger partial charge in [0.1, 0.15) is 5.75 Å². The van der Waals surface area contributed by atoms with Crippen LogP contribution in [0, 0.1) is 6.92 Å². The Kier molecular flexibility index (Phi) is 8.96. The minimum atomic E-state index is 0.803. The van der Waals surface area contributed by atoms with Crippen molar-refractivity contribution in [2.24, 2.45) is 0 Å². The molecule has 2 heteroatoms. The fourth-order valence-electron chi connectivity index (χ4n) is 3.63. The van der Waals surface area contributed by atoms with Crippen molar-refractivity contribution in [1.82, 2.24) is 4.98 Å². The minimum absolute atomic E-state index is 0.803. The molecule has 3 aromatic rings. The van der Waals surface area contributed by atoms with E-state index in [1.54, 1.807) is 0 Å². The van der Waals surface area contributed by atoms with Gasteiger partial charge in [0.05, 0.1) is 12.3 Å². The molecule has 0 spiro atoms. The Bertz CT molecular complexity index is 851. The molecule has 2 aromatic carbocycles. The summed E-state index contributed by atoms with van der Waals surface area (Å²) in [5, 5.41) is 0. The van der Waals surface area contributed by atoms with Gasteiger partial charge in [-0.05, 0) is 49.2 Å². The summed E-state index contributed by atoms with van der Waals surface area (Å²) >= 11 is 0. The minimum Gasteiger partial charge on any atom is -0.494 e. The number of hydrogen-bond donors (Lipinski definition) is 0. The van der Waals surface area contributed by atoms with Crippen LogP contribution in [0.25, 0.3) is 22.4 Å². The number of aromatic nitrogens is 1. The van der Waals surface area contributed by atoms with Gasteiger partial charge in [-0.15, -0.1) is 0 Å². The molecule has 0 aliphatic heterocycles. The third-order valence-electron chi connectivity index (χ3n) is 5.57. The largest absolute Gasteiger partial charge is 0.494 e. The van der Waals surface area contributed by atoms with E-state index in [0.717, 1.165) is 35.6 Å². The summed E-state index contributed by atoms with van der Waals surface area (Å²) in [5.41, 5.74) is 5.71. The molecule has 0 saturated carbocycles. The van der Waals surface area contributed by atoms with E-state index < -0.39 is 0 Å². The second-order valence-electron chi connectivity index (χ2n) is 8.15. The van der Waals surface area contributed by atoms with Crippen molar-refractivity contribution in [3.63, 3.8) is 0 Å². The lowest BCUT2D eigenvalue weighted by Crippen LogP contribution is -1.97. The zero-order valence-corrected chi connectivity index (χ0v) is 18.6. The summed E-state index contributed by atoms with van der Waals surface area (Å²) < 4.78 is 5.91. The predicted molar refractivity (Wildman–Crippen MR) is 128 cm³/mol. The topological polar surface area (TPSA) is 22.1 Å². The van der Waals surface area contributed by atoms with Crippen LogP contribution in [0.4, 0.5) is 0 Å². The molecule has 2 nitrogen and oxygen atoms in total. The molecule has 0 atom stereocenters. The van der Waals surface area contributed by atoms with Crippen LogP contribution in [0.15, 0.2) is 66.9 Å². The number of ether oxygens (including phenoxy) is 1. The maximum atomic E-state index is 5.91. The van der Waals surface area contributed by atoms with E-state index in [2.05, 4.69) is 79.5 Å². The molecule has 0 aliphatic rings. The number of hydrogen-bond acceptors (Lipinski definition) is 2. The lowest BCUT2D eigenvalue weighted by molar-refractivity contribution is 0.304. The van der Waals surface area contributed by atoms with Crippen molar-refractivity contribution >= 4 is 0 Å². The first kappa shape index (κ1) is 22.1. The average Bonchev–Trinajstić information content (AvgIpc) is 2.79. The van der Waals surface area contributed by atoms with Gasteiger partial charge in [-0.1, -0.05) is 87.8 Å². The summed E-state index contributed by atoms with van der Waals surface area (Å²) in [4.78, 5) is 4.66. The lowest BCUT2D eigenvalue weighted by atomic mass is 10.0. The zero-order valence-electron chi connectivity index (χ0n) is 18.6. The maximum Gasteiger partial charge on any atom is 0.119 e. The van der Waals surface area contributed by atoms with E-state index in [4.69, 9.17) is 4.74 Å². The Morgan fingerprint density at radius 2 is 1.23 bits per heavy atom. The number of pyridine rings is 1. The lowest BCUT2D eigenvalue weighted by Gasteiger charge is -2.08. The van der Waals surface area contributed by atoms with Crippen molar-refractivity contribution in [3.05, 3.63) is 72.4 Å². The summed E-state index contributed by atoms with van der Waals surface area (Å²) in [6.07, 6.45) is 12.5. The third-order valence-corrected chi connectivity index (χ3v) is 5.57. The van der Waals surface area contributed by atoms with Crippen molar-refractivity contribution in [2.45, 2.75) is 65.2 Å². The first-order valence-electron chi connectivity index (χ1n) is 11.5. The Hall–Kier alpha value is -2.61. The van der Waals surface area contributed by atoms with Gasteiger partial charge in [0.25, 0.3) is 0 Å². The number of benzene rings is 2. The van der Waals surface area contributed by atoms with Crippen LogP contribution in [-0.4, -0.2) is 11.6 Å². The maximum absolute atomic E-state index is 5.91. The SMILES string of the molecule is CCCCCCCCCCOc1ccc(-c2ccc(-c3ccc(C)cc3)cn2)cc1. The highest BCUT2D eigenvalue weighted by atomic mass is 16.5. The van der Waals surface area contributed by atoms with Gasteiger partial charge in [-0.2, -0.15) is 0 Å². The average molecular weight is 402 g/mol. The molecular weight excluding hydrogens is 366 g/mol. The summed E-state index contributed by atoms with van der Waals surface area (Å²) in [6, 6.07) is 21.1. The molecule has 0 fully saturated rings. The highest BCUT2D eigenvalue weighted by Crippen LogP contribution is 2.24. The van der Waals surface area contributed by atoms with Crippen LogP contribution >= 0.6 is 0 Å². The predicted octanol–water partition coefficient (Wildman–Crippen LogP) is 8.24. The Morgan fingerprint density at radius 1 is 0.633 bits per heavy atom. The quantitative estimate of drug-likeness (QED) is 0.285. The Labute approximate surface area is 182 Å². The van der Waals surface area contributed by atoms with Crippen molar-refractivity contribution < 1.29 is 4.74 Å². The molecule has 30 heavy (non-hydrogen) atoms. The molecule has 0 bridgehead atoms. The van der Waals surface area contributed by atoms with Crippen LogP contribution in [0.2, 0.25) is 0 Å². The third kappa shape index (κ3) is 7.02. The first-order valence-corrected chi connectivity index (χ1v) is 11.5. The van der Waals surface area contributed by atoms with Crippen molar-refractivity contribution in [3.8, 4) is 28.1 Å². The molecule has 0 radical (unpaired) electrons. The van der Waals surface area contributed by atoms with Crippen LogP contribution in [0.1, 0.15) is 63.9 Å². The second kappa shape index (κ2) is 12.2. The van der Waals surface area contributed by atoms with E-state index in [1.807, 2.05) is 6.20 Å². The van der Waals surface area contributed by atoms with E-state index in [9.17, 15) is 0 Å². The van der Waals surface area contributed by atoms with Gasteiger partial charge < -0.3 is 4.74 Å². The van der Waals surface area contributed by atoms with E-state index >= 15 is 0 Å².